The summed E-state index contributed by atoms with van der Waals surface area (Å²) < 4.78 is 4.37. The van der Waals surface area contributed by atoms with Gasteiger partial charge in [-0.3, -0.25) is 19.9 Å². The molecule has 0 aromatic heterocycles. The molecule has 2 amide bonds. The number of rotatable bonds is 3. The van der Waals surface area contributed by atoms with Crippen LogP contribution >= 0.6 is 0 Å². The number of methoxy groups -OCH3 is 1. The molecule has 102 valence electrons. The van der Waals surface area contributed by atoms with Gasteiger partial charge in [-0.25, -0.2) is 4.79 Å². The first kappa shape index (κ1) is 13.3. The first-order valence-electron chi connectivity index (χ1n) is 6.24. The van der Waals surface area contributed by atoms with Crippen molar-refractivity contribution in [1.82, 2.24) is 20.4 Å². The molecular weight excluding hydrogens is 236 g/mol. The quantitative estimate of drug-likeness (QED) is 0.637. The van der Waals surface area contributed by atoms with Gasteiger partial charge in [0.15, 0.2) is 0 Å². The topological polar surface area (TPSA) is 73.9 Å². The Morgan fingerprint density at radius 1 is 1.33 bits per heavy atom. The highest BCUT2D eigenvalue weighted by atomic mass is 16.5. The van der Waals surface area contributed by atoms with Crippen LogP contribution in [0, 0.1) is 0 Å². The fraction of sp³-hybridized carbons (Fsp3) is 0.818. The van der Waals surface area contributed by atoms with Crippen molar-refractivity contribution in [1.29, 1.82) is 0 Å². The molecule has 2 aliphatic heterocycles. The van der Waals surface area contributed by atoms with Crippen molar-refractivity contribution in [3.63, 3.8) is 0 Å². The van der Waals surface area contributed by atoms with Crippen molar-refractivity contribution in [2.24, 2.45) is 0 Å². The number of ether oxygens (including phenoxy) is 1. The minimum atomic E-state index is -0.695. The van der Waals surface area contributed by atoms with Crippen LogP contribution in [0.25, 0.3) is 0 Å². The number of nitrogens with zero attached hydrogens (tertiary/aromatic N) is 2. The number of piperazine rings is 1. The lowest BCUT2D eigenvalue weighted by atomic mass is 10.1. The van der Waals surface area contributed by atoms with Gasteiger partial charge in [-0.15, -0.1) is 0 Å². The van der Waals surface area contributed by atoms with E-state index >= 15 is 0 Å². The first-order valence-corrected chi connectivity index (χ1v) is 6.24. The van der Waals surface area contributed by atoms with Crippen LogP contribution in [0.15, 0.2) is 0 Å². The van der Waals surface area contributed by atoms with Crippen LogP contribution in [-0.2, 0) is 9.53 Å². The minimum Gasteiger partial charge on any atom is -0.453 e. The Morgan fingerprint density at radius 2 is 2.00 bits per heavy atom. The lowest BCUT2D eigenvalue weighted by Gasteiger charge is -2.46. The van der Waals surface area contributed by atoms with E-state index in [-0.39, 0.29) is 12.5 Å². The number of amides is 2. The monoisotopic (exact) mass is 256 g/mol. The Hall–Kier alpha value is -1.18. The number of carbonyl (C=O) groups is 2. The second-order valence-electron chi connectivity index (χ2n) is 4.67. The molecule has 2 fully saturated rings. The number of likely N-dealkylation sites (tertiary alicyclic amines) is 1. The molecule has 2 saturated heterocycles. The van der Waals surface area contributed by atoms with E-state index in [0.29, 0.717) is 6.04 Å². The average Bonchev–Trinajstić information content (AvgIpc) is 2.34. The fourth-order valence-electron chi connectivity index (χ4n) is 2.36. The van der Waals surface area contributed by atoms with Gasteiger partial charge in [0.25, 0.3) is 0 Å². The van der Waals surface area contributed by atoms with Crippen molar-refractivity contribution in [2.45, 2.75) is 6.04 Å². The molecule has 7 heteroatoms. The highest BCUT2D eigenvalue weighted by Crippen LogP contribution is 2.14. The second-order valence-corrected chi connectivity index (χ2v) is 4.67. The highest BCUT2D eigenvalue weighted by molar-refractivity contribution is 5.92. The van der Waals surface area contributed by atoms with Gasteiger partial charge in [-0.1, -0.05) is 0 Å². The number of alkyl carbamates (subject to hydrolysis) is 1. The summed E-state index contributed by atoms with van der Waals surface area (Å²) >= 11 is 0. The van der Waals surface area contributed by atoms with Crippen molar-refractivity contribution in [3.8, 4) is 0 Å². The zero-order valence-corrected chi connectivity index (χ0v) is 10.6. The summed E-state index contributed by atoms with van der Waals surface area (Å²) in [6.07, 6.45) is -0.695. The normalized spacial score (nSPS) is 22.3. The molecule has 0 spiro atoms. The Morgan fingerprint density at radius 3 is 2.61 bits per heavy atom. The molecular formula is C11H20N4O3. The van der Waals surface area contributed by atoms with Crippen LogP contribution in [-0.4, -0.2) is 80.8 Å². The molecule has 2 heterocycles. The summed E-state index contributed by atoms with van der Waals surface area (Å²) in [5, 5.41) is 5.48. The molecule has 18 heavy (non-hydrogen) atoms. The average molecular weight is 256 g/mol. The molecule has 7 nitrogen and oxygen atoms in total. The SMILES string of the molecule is COC(=O)NC(=O)CN1CC(N2CCNCC2)C1. The van der Waals surface area contributed by atoms with Gasteiger partial charge in [0.2, 0.25) is 5.91 Å². The van der Waals surface area contributed by atoms with E-state index < -0.39 is 6.09 Å². The fourth-order valence-corrected chi connectivity index (χ4v) is 2.36. The van der Waals surface area contributed by atoms with Gasteiger partial charge < -0.3 is 10.1 Å². The molecule has 0 aromatic rings. The zero-order chi connectivity index (χ0) is 13.0. The van der Waals surface area contributed by atoms with E-state index in [9.17, 15) is 9.59 Å². The number of hydrogen-bond acceptors (Lipinski definition) is 6. The van der Waals surface area contributed by atoms with E-state index in [0.717, 1.165) is 39.3 Å². The van der Waals surface area contributed by atoms with Crippen LogP contribution in [0.1, 0.15) is 0 Å². The van der Waals surface area contributed by atoms with Crippen LogP contribution in [0.5, 0.6) is 0 Å². The maximum atomic E-state index is 11.4. The third-order valence-electron chi connectivity index (χ3n) is 3.40. The first-order chi connectivity index (χ1) is 8.69. The Kier molecular flexibility index (Phi) is 4.51. The van der Waals surface area contributed by atoms with E-state index in [4.69, 9.17) is 0 Å². The smallest absolute Gasteiger partial charge is 0.413 e. The van der Waals surface area contributed by atoms with Crippen LogP contribution in [0.2, 0.25) is 0 Å². The highest BCUT2D eigenvalue weighted by Gasteiger charge is 2.33. The Bertz CT molecular complexity index is 311. The standard InChI is InChI=1S/C11H20N4O3/c1-18-11(17)13-10(16)8-14-6-9(7-14)15-4-2-12-3-5-15/h9,12H,2-8H2,1H3,(H,13,16,17). The molecule has 0 saturated carbocycles. The van der Waals surface area contributed by atoms with Crippen molar-refractivity contribution in [2.75, 3.05) is 52.9 Å². The molecule has 2 rings (SSSR count). The third-order valence-corrected chi connectivity index (χ3v) is 3.40. The maximum absolute atomic E-state index is 11.4. The summed E-state index contributed by atoms with van der Waals surface area (Å²) in [6.45, 7) is 6.29. The molecule has 0 bridgehead atoms. The number of carbonyl (C=O) groups excluding carboxylic acids is 2. The van der Waals surface area contributed by atoms with Crippen molar-refractivity contribution in [3.05, 3.63) is 0 Å². The molecule has 0 unspecified atom stereocenters. The molecule has 0 aliphatic carbocycles. The lowest BCUT2D eigenvalue weighted by molar-refractivity contribution is -0.123. The van der Waals surface area contributed by atoms with Gasteiger partial charge >= 0.3 is 6.09 Å². The zero-order valence-electron chi connectivity index (χ0n) is 10.6. The van der Waals surface area contributed by atoms with Crippen molar-refractivity contribution >= 4 is 12.0 Å². The maximum Gasteiger partial charge on any atom is 0.413 e. The molecule has 0 aromatic carbocycles. The molecule has 0 radical (unpaired) electrons. The summed E-state index contributed by atoms with van der Waals surface area (Å²) in [5.74, 6) is -0.305. The van der Waals surface area contributed by atoms with Gasteiger partial charge in [0, 0.05) is 45.3 Å². The van der Waals surface area contributed by atoms with Gasteiger partial charge in [-0.05, 0) is 0 Å². The minimum absolute atomic E-state index is 0.262. The molecule has 2 N–H and O–H groups in total. The predicted octanol–water partition coefficient (Wildman–Crippen LogP) is -1.54. The summed E-state index contributed by atoms with van der Waals surface area (Å²) in [7, 11) is 1.24. The second kappa shape index (κ2) is 6.12. The van der Waals surface area contributed by atoms with E-state index in [2.05, 4.69) is 20.3 Å². The number of nitrogens with one attached hydrogen (secondary N) is 2. The van der Waals surface area contributed by atoms with E-state index in [1.54, 1.807) is 0 Å². The van der Waals surface area contributed by atoms with E-state index in [1.807, 2.05) is 4.90 Å². The van der Waals surface area contributed by atoms with E-state index in [1.165, 1.54) is 7.11 Å². The van der Waals surface area contributed by atoms with Crippen LogP contribution in [0.3, 0.4) is 0 Å². The molecule has 2 aliphatic rings. The Balaban J connectivity index is 1.63. The van der Waals surface area contributed by atoms with Gasteiger partial charge in [0.05, 0.1) is 13.7 Å². The predicted molar refractivity (Wildman–Crippen MR) is 65.2 cm³/mol. The van der Waals surface area contributed by atoms with Crippen LogP contribution in [0.4, 0.5) is 4.79 Å². The van der Waals surface area contributed by atoms with Gasteiger partial charge in [0.1, 0.15) is 0 Å². The van der Waals surface area contributed by atoms with Gasteiger partial charge in [-0.2, -0.15) is 0 Å². The summed E-state index contributed by atoms with van der Waals surface area (Å²) in [6, 6.07) is 0.554. The third kappa shape index (κ3) is 3.41. The number of hydrogen-bond donors (Lipinski definition) is 2. The summed E-state index contributed by atoms with van der Waals surface area (Å²) in [5.41, 5.74) is 0. The Labute approximate surface area is 106 Å². The molecule has 0 atom stereocenters. The van der Waals surface area contributed by atoms with Crippen LogP contribution < -0.4 is 10.6 Å². The van der Waals surface area contributed by atoms with Crippen molar-refractivity contribution < 1.29 is 14.3 Å². The largest absolute Gasteiger partial charge is 0.453 e. The number of imide groups is 1. The summed E-state index contributed by atoms with van der Waals surface area (Å²) in [4.78, 5) is 26.7. The lowest BCUT2D eigenvalue weighted by Crippen LogP contribution is -2.63.